The van der Waals surface area contributed by atoms with Crippen LogP contribution in [0.25, 0.3) is 0 Å². The molecule has 114 valence electrons. The number of pyridine rings is 1. The van der Waals surface area contributed by atoms with Crippen molar-refractivity contribution in [1.29, 1.82) is 5.26 Å². The predicted molar refractivity (Wildman–Crippen MR) is 89.3 cm³/mol. The molecule has 0 bridgehead atoms. The summed E-state index contributed by atoms with van der Waals surface area (Å²) in [4.78, 5) is 16.1. The molecule has 7 heteroatoms. The van der Waals surface area contributed by atoms with Crippen LogP contribution in [0.4, 0.5) is 10.6 Å². The zero-order chi connectivity index (χ0) is 15.7. The third-order valence-electron chi connectivity index (χ3n) is 2.10. The monoisotopic (exact) mass is 324 g/mol. The zero-order valence-electron chi connectivity index (χ0n) is 12.5. The van der Waals surface area contributed by atoms with Crippen LogP contribution in [0.5, 0.6) is 0 Å². The van der Waals surface area contributed by atoms with Crippen molar-refractivity contribution in [1.82, 2.24) is 9.71 Å². The first-order valence-electron chi connectivity index (χ1n) is 6.62. The van der Waals surface area contributed by atoms with Gasteiger partial charge >= 0.3 is 6.03 Å². The molecule has 5 nitrogen and oxygen atoms in total. The summed E-state index contributed by atoms with van der Waals surface area (Å²) >= 11 is 2.94. The maximum atomic E-state index is 11.7. The fourth-order valence-corrected chi connectivity index (χ4v) is 2.52. The van der Waals surface area contributed by atoms with E-state index in [-0.39, 0.29) is 10.8 Å². The number of carbonyl (C=O) groups is 1. The predicted octanol–water partition coefficient (Wildman–Crippen LogP) is 4.05. The van der Waals surface area contributed by atoms with Crippen molar-refractivity contribution in [2.45, 2.75) is 43.4 Å². The standard InChI is InChI=1S/C14H20N4OS2/c1-14(2,3)21-18-13(19)17-11-7-6-8-12(16-11)20-10-5-4-9-15/h6-8H,4-5,10H2,1-3H3,(H2,16,17,18,19). The fourth-order valence-electron chi connectivity index (χ4n) is 1.23. The van der Waals surface area contributed by atoms with E-state index in [1.165, 1.54) is 11.9 Å². The van der Waals surface area contributed by atoms with Gasteiger partial charge in [0.15, 0.2) is 0 Å². The Morgan fingerprint density at radius 3 is 2.86 bits per heavy atom. The van der Waals surface area contributed by atoms with Crippen molar-refractivity contribution in [3.8, 4) is 6.07 Å². The van der Waals surface area contributed by atoms with Crippen LogP contribution in [0.3, 0.4) is 0 Å². The van der Waals surface area contributed by atoms with Gasteiger partial charge in [0.2, 0.25) is 0 Å². The smallest absolute Gasteiger partial charge is 0.292 e. The molecule has 0 spiro atoms. The first-order valence-corrected chi connectivity index (χ1v) is 8.43. The van der Waals surface area contributed by atoms with Crippen molar-refractivity contribution in [2.24, 2.45) is 0 Å². The quantitative estimate of drug-likeness (QED) is 0.469. The molecule has 2 amide bonds. The van der Waals surface area contributed by atoms with Crippen LogP contribution >= 0.6 is 23.7 Å². The molecule has 0 saturated heterocycles. The Labute approximate surface area is 134 Å². The van der Waals surface area contributed by atoms with Crippen LogP contribution < -0.4 is 10.0 Å². The van der Waals surface area contributed by atoms with Crippen molar-refractivity contribution < 1.29 is 4.79 Å². The topological polar surface area (TPSA) is 77.8 Å². The highest BCUT2D eigenvalue weighted by Crippen LogP contribution is 2.20. The number of anilines is 1. The molecule has 0 saturated carbocycles. The molecule has 21 heavy (non-hydrogen) atoms. The van der Waals surface area contributed by atoms with Crippen molar-refractivity contribution in [3.63, 3.8) is 0 Å². The van der Waals surface area contributed by atoms with Crippen LogP contribution in [-0.4, -0.2) is 21.5 Å². The highest BCUT2D eigenvalue weighted by Gasteiger charge is 2.13. The molecule has 0 fully saturated rings. The number of nitrogens with one attached hydrogen (secondary N) is 2. The van der Waals surface area contributed by atoms with Gasteiger partial charge in [-0.05, 0) is 51.3 Å². The first kappa shape index (κ1) is 17.7. The first-order chi connectivity index (χ1) is 9.90. The number of nitriles is 1. The number of hydrogen-bond donors (Lipinski definition) is 2. The molecule has 0 radical (unpaired) electrons. The fraction of sp³-hybridized carbons (Fsp3) is 0.500. The van der Waals surface area contributed by atoms with Crippen molar-refractivity contribution in [2.75, 3.05) is 11.1 Å². The Balaban J connectivity index is 2.45. The minimum absolute atomic E-state index is 0.0385. The third-order valence-corrected chi connectivity index (χ3v) is 4.01. The number of nitrogens with zero attached hydrogens (tertiary/aromatic N) is 2. The van der Waals surface area contributed by atoms with Gasteiger partial charge in [-0.3, -0.25) is 10.0 Å². The Kier molecular flexibility index (Phi) is 7.40. The lowest BCUT2D eigenvalue weighted by Crippen LogP contribution is -2.27. The minimum atomic E-state index is -0.283. The van der Waals surface area contributed by atoms with Gasteiger partial charge in [0.25, 0.3) is 0 Å². The number of rotatable bonds is 6. The number of thioether (sulfide) groups is 1. The lowest BCUT2D eigenvalue weighted by molar-refractivity contribution is 0.257. The summed E-state index contributed by atoms with van der Waals surface area (Å²) in [5.74, 6) is 1.36. The Morgan fingerprint density at radius 1 is 1.43 bits per heavy atom. The molecule has 1 heterocycles. The minimum Gasteiger partial charge on any atom is -0.292 e. The molecule has 0 aliphatic heterocycles. The molecular weight excluding hydrogens is 304 g/mol. The largest absolute Gasteiger partial charge is 0.330 e. The lowest BCUT2D eigenvalue weighted by Gasteiger charge is -2.17. The molecule has 1 aromatic rings. The van der Waals surface area contributed by atoms with Crippen molar-refractivity contribution in [3.05, 3.63) is 18.2 Å². The van der Waals surface area contributed by atoms with Gasteiger partial charge in [-0.25, -0.2) is 9.78 Å². The molecule has 0 aliphatic rings. The number of unbranched alkanes of at least 4 members (excludes halogenated alkanes) is 1. The highest BCUT2D eigenvalue weighted by molar-refractivity contribution is 7.99. The maximum Gasteiger partial charge on any atom is 0.330 e. The average molecular weight is 324 g/mol. The maximum absolute atomic E-state index is 11.7. The summed E-state index contributed by atoms with van der Waals surface area (Å²) in [6.45, 7) is 6.07. The van der Waals surface area contributed by atoms with Crippen LogP contribution in [0, 0.1) is 11.3 Å². The Hall–Kier alpha value is -1.39. The van der Waals surface area contributed by atoms with E-state index in [4.69, 9.17) is 5.26 Å². The van der Waals surface area contributed by atoms with Gasteiger partial charge in [-0.15, -0.1) is 11.8 Å². The van der Waals surface area contributed by atoms with Gasteiger partial charge in [-0.1, -0.05) is 6.07 Å². The van der Waals surface area contributed by atoms with Crippen LogP contribution in [0.1, 0.15) is 33.6 Å². The second-order valence-corrected chi connectivity index (χ2v) is 7.99. The summed E-state index contributed by atoms with van der Waals surface area (Å²) in [6.07, 6.45) is 1.39. The molecule has 0 unspecified atom stereocenters. The SMILES string of the molecule is CC(C)(C)SNC(=O)Nc1cccc(SCCCC#N)n1. The summed E-state index contributed by atoms with van der Waals surface area (Å²) < 4.78 is 2.70. The molecule has 0 aromatic carbocycles. The van der Waals surface area contributed by atoms with Gasteiger partial charge in [0, 0.05) is 16.9 Å². The van der Waals surface area contributed by atoms with E-state index >= 15 is 0 Å². The van der Waals surface area contributed by atoms with Crippen LogP contribution in [0.15, 0.2) is 23.2 Å². The van der Waals surface area contributed by atoms with E-state index in [0.29, 0.717) is 12.2 Å². The zero-order valence-corrected chi connectivity index (χ0v) is 14.1. The van der Waals surface area contributed by atoms with Crippen LogP contribution in [0.2, 0.25) is 0 Å². The van der Waals surface area contributed by atoms with Gasteiger partial charge in [-0.2, -0.15) is 5.26 Å². The van der Waals surface area contributed by atoms with E-state index in [2.05, 4.69) is 21.1 Å². The van der Waals surface area contributed by atoms with Crippen molar-refractivity contribution >= 4 is 35.6 Å². The molecule has 0 atom stereocenters. The second kappa shape index (κ2) is 8.80. The molecule has 0 aliphatic carbocycles. The number of hydrogen-bond acceptors (Lipinski definition) is 5. The Bertz CT molecular complexity index is 508. The lowest BCUT2D eigenvalue weighted by atomic mass is 10.3. The third kappa shape index (κ3) is 8.48. The normalized spacial score (nSPS) is 10.8. The number of carbonyl (C=O) groups excluding carboxylic acids is 1. The van der Waals surface area contributed by atoms with E-state index in [1.807, 2.05) is 32.9 Å². The highest BCUT2D eigenvalue weighted by atomic mass is 32.2. The molecular formula is C14H20N4OS2. The van der Waals surface area contributed by atoms with E-state index < -0.39 is 0 Å². The number of amides is 2. The molecule has 1 rings (SSSR count). The summed E-state index contributed by atoms with van der Waals surface area (Å²) in [5.41, 5.74) is 0. The summed E-state index contributed by atoms with van der Waals surface area (Å²) in [7, 11) is 0. The average Bonchev–Trinajstić information content (AvgIpc) is 2.41. The second-order valence-electron chi connectivity index (χ2n) is 5.24. The van der Waals surface area contributed by atoms with E-state index in [1.54, 1.807) is 17.8 Å². The van der Waals surface area contributed by atoms with Crippen LogP contribution in [-0.2, 0) is 0 Å². The van der Waals surface area contributed by atoms with Gasteiger partial charge in [0.1, 0.15) is 5.82 Å². The number of aromatic nitrogens is 1. The molecule has 1 aromatic heterocycles. The summed E-state index contributed by atoms with van der Waals surface area (Å²) in [6, 6.07) is 7.33. The van der Waals surface area contributed by atoms with Gasteiger partial charge < -0.3 is 0 Å². The number of urea groups is 1. The Morgan fingerprint density at radius 2 is 2.19 bits per heavy atom. The molecule has 2 N–H and O–H groups in total. The van der Waals surface area contributed by atoms with E-state index in [9.17, 15) is 4.79 Å². The van der Waals surface area contributed by atoms with E-state index in [0.717, 1.165) is 17.2 Å². The summed E-state index contributed by atoms with van der Waals surface area (Å²) in [5, 5.41) is 12.0. The van der Waals surface area contributed by atoms with Gasteiger partial charge in [0.05, 0.1) is 11.1 Å².